The van der Waals surface area contributed by atoms with E-state index in [9.17, 15) is 0 Å². The molecule has 0 saturated carbocycles. The number of hydrogen-bond donors (Lipinski definition) is 2. The Balaban J connectivity index is 1.86. The van der Waals surface area contributed by atoms with Gasteiger partial charge in [0.05, 0.1) is 0 Å². The van der Waals surface area contributed by atoms with Crippen molar-refractivity contribution in [3.63, 3.8) is 0 Å². The lowest BCUT2D eigenvalue weighted by molar-refractivity contribution is 0.234. The Bertz CT molecular complexity index is 492. The second-order valence-corrected chi connectivity index (χ2v) is 4.01. The molecule has 0 atom stereocenters. The summed E-state index contributed by atoms with van der Waals surface area (Å²) < 4.78 is 5.86. The fourth-order valence-corrected chi connectivity index (χ4v) is 1.96. The van der Waals surface area contributed by atoms with Crippen LogP contribution in [0.15, 0.2) is 42.5 Å². The van der Waals surface area contributed by atoms with Crippen molar-refractivity contribution in [3.05, 3.63) is 42.5 Å². The number of rotatable bonds is 2. The van der Waals surface area contributed by atoms with Crippen molar-refractivity contribution >= 4 is 10.8 Å². The van der Waals surface area contributed by atoms with Crippen LogP contribution in [0.25, 0.3) is 10.8 Å². The normalized spacial score (nSPS) is 16.8. The summed E-state index contributed by atoms with van der Waals surface area (Å²) in [5.41, 5.74) is 6.11. The Kier molecular flexibility index (Phi) is 2.48. The van der Waals surface area contributed by atoms with Gasteiger partial charge in [0.25, 0.3) is 0 Å². The van der Waals surface area contributed by atoms with Gasteiger partial charge in [-0.25, -0.2) is 0 Å². The summed E-state index contributed by atoms with van der Waals surface area (Å²) in [6, 6.07) is 14.5. The van der Waals surface area contributed by atoms with Gasteiger partial charge in [-0.1, -0.05) is 30.3 Å². The van der Waals surface area contributed by atoms with Gasteiger partial charge in [-0.05, 0) is 22.9 Å². The van der Waals surface area contributed by atoms with Crippen LogP contribution in [0, 0.1) is 0 Å². The second-order valence-electron chi connectivity index (χ2n) is 4.01. The van der Waals surface area contributed by atoms with Gasteiger partial charge in [0.1, 0.15) is 11.9 Å². The smallest absolute Gasteiger partial charge is 0.126 e. The van der Waals surface area contributed by atoms with Crippen molar-refractivity contribution in [3.8, 4) is 5.75 Å². The van der Waals surface area contributed by atoms with Gasteiger partial charge >= 0.3 is 0 Å². The molecule has 0 aliphatic carbocycles. The summed E-state index contributed by atoms with van der Waals surface area (Å²) in [7, 11) is 0. The van der Waals surface area contributed by atoms with E-state index in [-0.39, 0.29) is 6.10 Å². The van der Waals surface area contributed by atoms with E-state index >= 15 is 0 Å². The lowest BCUT2D eigenvalue weighted by Gasteiger charge is -2.12. The van der Waals surface area contributed by atoms with Crippen molar-refractivity contribution in [2.45, 2.75) is 6.10 Å². The lowest BCUT2D eigenvalue weighted by atomic mass is 10.1. The highest BCUT2D eigenvalue weighted by atomic mass is 16.5. The zero-order valence-corrected chi connectivity index (χ0v) is 8.94. The highest BCUT2D eigenvalue weighted by molar-refractivity contribution is 5.83. The van der Waals surface area contributed by atoms with E-state index in [1.165, 1.54) is 10.8 Å². The van der Waals surface area contributed by atoms with E-state index in [0.717, 1.165) is 18.8 Å². The summed E-state index contributed by atoms with van der Waals surface area (Å²) in [5.74, 6) is 0.939. The molecular formula is C13H14N2O. The molecule has 3 rings (SSSR count). The fourth-order valence-electron chi connectivity index (χ4n) is 1.96. The molecule has 82 valence electrons. The topological polar surface area (TPSA) is 33.3 Å². The second kappa shape index (κ2) is 4.12. The average molecular weight is 214 g/mol. The van der Waals surface area contributed by atoms with E-state index in [0.29, 0.717) is 0 Å². The quantitative estimate of drug-likeness (QED) is 0.798. The predicted molar refractivity (Wildman–Crippen MR) is 64.4 cm³/mol. The highest BCUT2D eigenvalue weighted by Crippen LogP contribution is 2.21. The van der Waals surface area contributed by atoms with Crippen LogP contribution in [-0.4, -0.2) is 19.2 Å². The summed E-state index contributed by atoms with van der Waals surface area (Å²) in [5, 5.41) is 2.47. The van der Waals surface area contributed by atoms with Crippen LogP contribution in [0.5, 0.6) is 5.75 Å². The van der Waals surface area contributed by atoms with Crippen molar-refractivity contribution in [1.29, 1.82) is 0 Å². The van der Waals surface area contributed by atoms with Gasteiger partial charge in [-0.2, -0.15) is 0 Å². The molecular weight excluding hydrogens is 200 g/mol. The van der Waals surface area contributed by atoms with Crippen LogP contribution < -0.4 is 15.6 Å². The molecule has 0 unspecified atom stereocenters. The third-order valence-corrected chi connectivity index (χ3v) is 2.81. The fraction of sp³-hybridized carbons (Fsp3) is 0.231. The monoisotopic (exact) mass is 214 g/mol. The van der Waals surface area contributed by atoms with Crippen LogP contribution >= 0.6 is 0 Å². The molecule has 0 radical (unpaired) electrons. The van der Waals surface area contributed by atoms with Gasteiger partial charge < -0.3 is 4.74 Å². The maximum atomic E-state index is 5.86. The van der Waals surface area contributed by atoms with E-state index in [1.54, 1.807) is 0 Å². The lowest BCUT2D eigenvalue weighted by Crippen LogP contribution is -2.21. The van der Waals surface area contributed by atoms with Crippen molar-refractivity contribution < 1.29 is 4.74 Å². The standard InChI is InChI=1S/C13H14N2O/c1-2-4-11-7-12(6-5-10(11)3-1)16-13-8-14-15-9-13/h1-7,13-15H,8-9H2. The SMILES string of the molecule is c1ccc2cc(OC3CNNC3)ccc2c1. The van der Waals surface area contributed by atoms with E-state index in [2.05, 4.69) is 35.1 Å². The Morgan fingerprint density at radius 2 is 1.69 bits per heavy atom. The number of benzene rings is 2. The summed E-state index contributed by atoms with van der Waals surface area (Å²) in [4.78, 5) is 0. The van der Waals surface area contributed by atoms with Crippen molar-refractivity contribution in [1.82, 2.24) is 10.9 Å². The molecule has 1 aliphatic heterocycles. The molecule has 1 fully saturated rings. The molecule has 0 aromatic heterocycles. The zero-order valence-electron chi connectivity index (χ0n) is 8.94. The van der Waals surface area contributed by atoms with E-state index < -0.39 is 0 Å². The minimum atomic E-state index is 0.223. The number of nitrogens with one attached hydrogen (secondary N) is 2. The molecule has 0 amide bonds. The largest absolute Gasteiger partial charge is 0.488 e. The summed E-state index contributed by atoms with van der Waals surface area (Å²) in [6.07, 6.45) is 0.223. The highest BCUT2D eigenvalue weighted by Gasteiger charge is 2.15. The number of fused-ring (bicyclic) bond motifs is 1. The van der Waals surface area contributed by atoms with Crippen LogP contribution in [0.4, 0.5) is 0 Å². The van der Waals surface area contributed by atoms with Crippen LogP contribution in [0.1, 0.15) is 0 Å². The maximum Gasteiger partial charge on any atom is 0.126 e. The van der Waals surface area contributed by atoms with Gasteiger partial charge in [-0.15, -0.1) is 0 Å². The van der Waals surface area contributed by atoms with Gasteiger partial charge in [-0.3, -0.25) is 10.9 Å². The zero-order chi connectivity index (χ0) is 10.8. The van der Waals surface area contributed by atoms with Crippen molar-refractivity contribution in [2.24, 2.45) is 0 Å². The Hall–Kier alpha value is -1.58. The maximum absolute atomic E-state index is 5.86. The average Bonchev–Trinajstić information content (AvgIpc) is 2.82. The molecule has 2 aromatic rings. The third-order valence-electron chi connectivity index (χ3n) is 2.81. The van der Waals surface area contributed by atoms with E-state index in [4.69, 9.17) is 4.74 Å². The minimum absolute atomic E-state index is 0.223. The van der Waals surface area contributed by atoms with Crippen LogP contribution in [0.3, 0.4) is 0 Å². The third kappa shape index (κ3) is 1.87. The number of hydrogen-bond acceptors (Lipinski definition) is 3. The van der Waals surface area contributed by atoms with Crippen LogP contribution in [-0.2, 0) is 0 Å². The first-order valence-electron chi connectivity index (χ1n) is 5.53. The van der Waals surface area contributed by atoms with Gasteiger partial charge in [0.2, 0.25) is 0 Å². The molecule has 1 aliphatic rings. The number of hydrazine groups is 1. The molecule has 1 saturated heterocycles. The summed E-state index contributed by atoms with van der Waals surface area (Å²) in [6.45, 7) is 1.71. The summed E-state index contributed by atoms with van der Waals surface area (Å²) >= 11 is 0. The van der Waals surface area contributed by atoms with E-state index in [1.807, 2.05) is 18.2 Å². The molecule has 16 heavy (non-hydrogen) atoms. The van der Waals surface area contributed by atoms with Crippen LogP contribution in [0.2, 0.25) is 0 Å². The molecule has 3 nitrogen and oxygen atoms in total. The number of ether oxygens (including phenoxy) is 1. The Labute approximate surface area is 94.4 Å². The molecule has 0 spiro atoms. The van der Waals surface area contributed by atoms with Gasteiger partial charge in [0.15, 0.2) is 0 Å². The Morgan fingerprint density at radius 1 is 0.938 bits per heavy atom. The predicted octanol–water partition coefficient (Wildman–Crippen LogP) is 1.69. The minimum Gasteiger partial charge on any atom is -0.488 e. The first-order chi connectivity index (χ1) is 7.92. The molecule has 0 bridgehead atoms. The first kappa shape index (κ1) is 9.63. The molecule has 3 heteroatoms. The molecule has 1 heterocycles. The van der Waals surface area contributed by atoms with Gasteiger partial charge in [0, 0.05) is 13.1 Å². The first-order valence-corrected chi connectivity index (χ1v) is 5.53. The molecule has 2 aromatic carbocycles. The molecule has 2 N–H and O–H groups in total. The Morgan fingerprint density at radius 3 is 2.50 bits per heavy atom. The van der Waals surface area contributed by atoms with Crippen molar-refractivity contribution in [2.75, 3.05) is 13.1 Å².